The van der Waals surface area contributed by atoms with Gasteiger partial charge in [-0.05, 0) is 37.5 Å². The van der Waals surface area contributed by atoms with Gasteiger partial charge in [-0.2, -0.15) is 0 Å². The van der Waals surface area contributed by atoms with Crippen LogP contribution >= 0.6 is 0 Å². The van der Waals surface area contributed by atoms with E-state index >= 15 is 0 Å². The van der Waals surface area contributed by atoms with Crippen molar-refractivity contribution in [3.05, 3.63) is 66.8 Å². The topological polar surface area (TPSA) is 151 Å². The molecule has 3 amide bonds. The number of benzene rings is 1. The normalized spacial score (nSPS) is 18.1. The van der Waals surface area contributed by atoms with Gasteiger partial charge in [0.25, 0.3) is 5.91 Å². The summed E-state index contributed by atoms with van der Waals surface area (Å²) in [5.74, 6) is -0.279. The summed E-state index contributed by atoms with van der Waals surface area (Å²) in [7, 11) is 1.50. The van der Waals surface area contributed by atoms with Crippen LogP contribution in [0.1, 0.15) is 77.0 Å². The third-order valence-corrected chi connectivity index (χ3v) is 8.86. The number of aromatic amines is 1. The van der Waals surface area contributed by atoms with E-state index in [4.69, 9.17) is 10.5 Å². The van der Waals surface area contributed by atoms with Crippen molar-refractivity contribution in [2.45, 2.75) is 95.9 Å². The highest BCUT2D eigenvalue weighted by molar-refractivity contribution is 5.93. The van der Waals surface area contributed by atoms with Crippen molar-refractivity contribution in [2.24, 2.45) is 23.5 Å². The van der Waals surface area contributed by atoms with Crippen molar-refractivity contribution in [3.8, 4) is 0 Å². The van der Waals surface area contributed by atoms with Gasteiger partial charge < -0.3 is 30.8 Å². The van der Waals surface area contributed by atoms with Crippen LogP contribution in [0.2, 0.25) is 0 Å². The number of nitrogens with one attached hydrogen (secondary N) is 2. The predicted octanol–water partition coefficient (Wildman–Crippen LogP) is 4.45. The summed E-state index contributed by atoms with van der Waals surface area (Å²) in [5.41, 5.74) is 4.62. The van der Waals surface area contributed by atoms with E-state index < -0.39 is 41.7 Å². The minimum Gasteiger partial charge on any atom is -0.428 e. The van der Waals surface area contributed by atoms with Crippen LogP contribution in [0.3, 0.4) is 0 Å². The van der Waals surface area contributed by atoms with Crippen LogP contribution in [0, 0.1) is 17.8 Å². The molecule has 0 bridgehead atoms. The molecule has 0 unspecified atom stereocenters. The number of carbonyl (C=O) groups excluding carboxylic acids is 3. The molecule has 10 heteroatoms. The van der Waals surface area contributed by atoms with Crippen LogP contribution in [-0.4, -0.2) is 63.1 Å². The number of aliphatic hydroxyl groups excluding tert-OH is 1. The molecule has 1 heterocycles. The highest BCUT2D eigenvalue weighted by Gasteiger charge is 2.44. The Kier molecular flexibility index (Phi) is 12.4. The van der Waals surface area contributed by atoms with Crippen molar-refractivity contribution in [2.75, 3.05) is 7.05 Å². The molecule has 0 saturated heterocycles. The Morgan fingerprint density at radius 2 is 1.91 bits per heavy atom. The number of aliphatic hydroxyl groups is 1. The zero-order valence-corrected chi connectivity index (χ0v) is 26.0. The Hall–Kier alpha value is -3.66. The van der Waals surface area contributed by atoms with E-state index in [1.807, 2.05) is 6.08 Å². The van der Waals surface area contributed by atoms with Crippen molar-refractivity contribution >= 4 is 17.9 Å². The Bertz CT molecular complexity index is 1180. The smallest absolute Gasteiger partial charge is 0.405 e. The first-order valence-corrected chi connectivity index (χ1v) is 15.4. The molecule has 1 aliphatic carbocycles. The van der Waals surface area contributed by atoms with Gasteiger partial charge in [-0.15, -0.1) is 6.58 Å². The van der Waals surface area contributed by atoms with E-state index in [2.05, 4.69) is 35.7 Å². The lowest BCUT2D eigenvalue weighted by Crippen LogP contribution is -2.58. The standard InChI is InChI=1S/C33H49N5O5/c1-6-24(22(2)3)18-29(39)27(17-23-13-9-7-10-14-23)37-30(40)28(19-26-20-35-21-36-26)38(5)31(41)33(4,43-32(34)42)25-15-11-8-12-16-25/h6,8,11-12,15-16,20-24,27-29,39H,1,7,9-10,13-14,17-19H2,2-5H3,(H2,34,42)(H,35,36)(H,37,40)/t24-,27-,28-,29-,33-/m0/s1. The number of rotatable bonds is 15. The van der Waals surface area contributed by atoms with Gasteiger partial charge >= 0.3 is 6.09 Å². The Balaban J connectivity index is 1.93. The first-order chi connectivity index (χ1) is 20.5. The van der Waals surface area contributed by atoms with Crippen molar-refractivity contribution in [1.82, 2.24) is 20.2 Å². The van der Waals surface area contributed by atoms with Crippen molar-refractivity contribution < 1.29 is 24.2 Å². The fraction of sp³-hybridized carbons (Fsp3) is 0.576. The molecule has 1 aromatic heterocycles. The largest absolute Gasteiger partial charge is 0.428 e. The summed E-state index contributed by atoms with van der Waals surface area (Å²) in [5, 5.41) is 14.6. The number of primary amides is 1. The van der Waals surface area contributed by atoms with Crippen LogP contribution in [0.4, 0.5) is 4.79 Å². The molecule has 5 N–H and O–H groups in total. The van der Waals surface area contributed by atoms with Crippen LogP contribution < -0.4 is 11.1 Å². The number of nitrogens with two attached hydrogens (primary N) is 1. The molecule has 1 saturated carbocycles. The van der Waals surface area contributed by atoms with Gasteiger partial charge in [-0.3, -0.25) is 9.59 Å². The summed E-state index contributed by atoms with van der Waals surface area (Å²) in [6.45, 7) is 9.60. The van der Waals surface area contributed by atoms with Crippen LogP contribution in [-0.2, 0) is 26.3 Å². The third-order valence-electron chi connectivity index (χ3n) is 8.86. The van der Waals surface area contributed by atoms with Gasteiger partial charge in [-0.25, -0.2) is 9.78 Å². The monoisotopic (exact) mass is 595 g/mol. The van der Waals surface area contributed by atoms with E-state index in [0.717, 1.165) is 25.7 Å². The molecule has 1 fully saturated rings. The number of carbonyl (C=O) groups is 3. The number of H-pyrrole nitrogens is 1. The molecule has 2 aromatic rings. The molecule has 3 rings (SSSR count). The zero-order valence-electron chi connectivity index (χ0n) is 26.0. The van der Waals surface area contributed by atoms with Gasteiger partial charge in [0.2, 0.25) is 11.5 Å². The molecular formula is C33H49N5O5. The minimum absolute atomic E-state index is 0.0855. The molecule has 5 atom stereocenters. The first-order valence-electron chi connectivity index (χ1n) is 15.4. The Morgan fingerprint density at radius 3 is 2.47 bits per heavy atom. The first kappa shape index (κ1) is 33.8. The number of hydrogen-bond acceptors (Lipinski definition) is 6. The Labute approximate surface area is 255 Å². The fourth-order valence-corrected chi connectivity index (χ4v) is 6.12. The molecule has 0 spiro atoms. The summed E-state index contributed by atoms with van der Waals surface area (Å²) in [4.78, 5) is 48.6. The predicted molar refractivity (Wildman–Crippen MR) is 166 cm³/mol. The second-order valence-electron chi connectivity index (χ2n) is 12.3. The molecule has 0 aliphatic heterocycles. The lowest BCUT2D eigenvalue weighted by atomic mass is 9.81. The third kappa shape index (κ3) is 9.16. The van der Waals surface area contributed by atoms with Crippen LogP contribution in [0.15, 0.2) is 55.5 Å². The average Bonchev–Trinajstić information content (AvgIpc) is 3.51. The maximum Gasteiger partial charge on any atom is 0.405 e. The van der Waals surface area contributed by atoms with E-state index in [0.29, 0.717) is 30.0 Å². The van der Waals surface area contributed by atoms with E-state index in [9.17, 15) is 19.5 Å². The lowest BCUT2D eigenvalue weighted by Gasteiger charge is -2.37. The zero-order chi connectivity index (χ0) is 31.6. The molecule has 1 aliphatic rings. The average molecular weight is 596 g/mol. The van der Waals surface area contributed by atoms with Gasteiger partial charge in [0.15, 0.2) is 0 Å². The van der Waals surface area contributed by atoms with E-state index in [-0.39, 0.29) is 18.3 Å². The quantitative estimate of drug-likeness (QED) is 0.223. The van der Waals surface area contributed by atoms with Gasteiger partial charge in [0, 0.05) is 25.2 Å². The van der Waals surface area contributed by atoms with Gasteiger partial charge in [0.1, 0.15) is 6.04 Å². The van der Waals surface area contributed by atoms with Gasteiger partial charge in [0.05, 0.1) is 24.2 Å². The van der Waals surface area contributed by atoms with Crippen LogP contribution in [0.5, 0.6) is 0 Å². The second kappa shape index (κ2) is 15.7. The summed E-state index contributed by atoms with van der Waals surface area (Å²) in [6.07, 6.45) is 9.95. The van der Waals surface area contributed by atoms with Crippen molar-refractivity contribution in [1.29, 1.82) is 0 Å². The minimum atomic E-state index is -1.78. The number of ether oxygens (including phenoxy) is 1. The maximum absolute atomic E-state index is 14.1. The highest BCUT2D eigenvalue weighted by Crippen LogP contribution is 2.31. The SMILES string of the molecule is C=C[C@@H](C[C@H](O)[C@H](CC1CCCCC1)NC(=O)[C@H](Cc1c[nH]cn1)N(C)C(=O)[C@@](C)(OC(N)=O)c1ccccc1)C(C)C. The summed E-state index contributed by atoms with van der Waals surface area (Å²) >= 11 is 0. The molecular weight excluding hydrogens is 546 g/mol. The van der Waals surface area contributed by atoms with E-state index in [1.165, 1.54) is 31.6 Å². The fourth-order valence-electron chi connectivity index (χ4n) is 6.12. The molecule has 1 aromatic carbocycles. The summed E-state index contributed by atoms with van der Waals surface area (Å²) < 4.78 is 5.41. The molecule has 0 radical (unpaired) electrons. The second-order valence-corrected chi connectivity index (χ2v) is 12.3. The molecule has 236 valence electrons. The summed E-state index contributed by atoms with van der Waals surface area (Å²) in [6, 6.07) is 7.04. The lowest BCUT2D eigenvalue weighted by molar-refractivity contribution is -0.154. The van der Waals surface area contributed by atoms with Crippen molar-refractivity contribution in [3.63, 3.8) is 0 Å². The Morgan fingerprint density at radius 1 is 1.23 bits per heavy atom. The maximum atomic E-state index is 14.1. The number of hydrogen-bond donors (Lipinski definition) is 4. The molecule has 43 heavy (non-hydrogen) atoms. The number of nitrogens with zero attached hydrogens (tertiary/aromatic N) is 2. The number of amides is 3. The number of allylic oxidation sites excluding steroid dienone is 1. The highest BCUT2D eigenvalue weighted by atomic mass is 16.6. The van der Waals surface area contributed by atoms with Crippen LogP contribution in [0.25, 0.3) is 0 Å². The van der Waals surface area contributed by atoms with E-state index in [1.54, 1.807) is 36.5 Å². The number of aromatic nitrogens is 2. The molecule has 10 nitrogen and oxygen atoms in total. The van der Waals surface area contributed by atoms with Gasteiger partial charge in [-0.1, -0.05) is 82.4 Å². The number of likely N-dealkylation sites (N-methyl/N-ethyl adjacent to an activating group) is 1. The number of imidazole rings is 1.